The second kappa shape index (κ2) is 5.87. The van der Waals surface area contributed by atoms with Crippen LogP contribution in [0.25, 0.3) is 0 Å². The molecule has 1 fully saturated rings. The van der Waals surface area contributed by atoms with Gasteiger partial charge in [-0.25, -0.2) is 0 Å². The second-order valence-electron chi connectivity index (χ2n) is 7.05. The number of nitrogens with two attached hydrogens (primary N) is 1. The van der Waals surface area contributed by atoms with Crippen molar-refractivity contribution < 1.29 is 4.74 Å². The predicted molar refractivity (Wildman–Crippen MR) is 84.7 cm³/mol. The molecule has 0 bridgehead atoms. The zero-order valence-corrected chi connectivity index (χ0v) is 13.4. The van der Waals surface area contributed by atoms with Crippen molar-refractivity contribution in [2.45, 2.75) is 65.0 Å². The minimum Gasteiger partial charge on any atom is -0.373 e. The lowest BCUT2D eigenvalue weighted by Gasteiger charge is -2.46. The summed E-state index contributed by atoms with van der Waals surface area (Å²) < 4.78 is 6.19. The van der Waals surface area contributed by atoms with Crippen LogP contribution in [0.2, 0.25) is 0 Å². The molecule has 1 aromatic rings. The van der Waals surface area contributed by atoms with Crippen molar-refractivity contribution in [3.8, 4) is 0 Å². The van der Waals surface area contributed by atoms with Crippen LogP contribution in [0.3, 0.4) is 0 Å². The maximum Gasteiger partial charge on any atom is 0.0874 e. The molecule has 1 aromatic carbocycles. The molecule has 0 saturated heterocycles. The van der Waals surface area contributed by atoms with Gasteiger partial charge in [0.1, 0.15) is 0 Å². The van der Waals surface area contributed by atoms with E-state index in [1.54, 1.807) is 0 Å². The van der Waals surface area contributed by atoms with Gasteiger partial charge in [-0.05, 0) is 50.5 Å². The molecule has 20 heavy (non-hydrogen) atoms. The first kappa shape index (κ1) is 15.5. The first-order chi connectivity index (χ1) is 9.38. The molecule has 1 atom stereocenters. The molecule has 1 saturated carbocycles. The molecule has 1 aliphatic rings. The molecule has 0 aromatic heterocycles. The summed E-state index contributed by atoms with van der Waals surface area (Å²) in [5.74, 6) is 0. The molecule has 0 heterocycles. The Kier molecular flexibility index (Phi) is 4.55. The Morgan fingerprint density at radius 3 is 2.40 bits per heavy atom. The second-order valence-corrected chi connectivity index (χ2v) is 7.05. The highest BCUT2D eigenvalue weighted by Crippen LogP contribution is 2.46. The molecular weight excluding hydrogens is 246 g/mol. The lowest BCUT2D eigenvalue weighted by Crippen LogP contribution is -2.48. The minimum atomic E-state index is -0.182. The predicted octanol–water partition coefficient (Wildman–Crippen LogP) is 4.37. The number of rotatable bonds is 4. The molecule has 2 heteroatoms. The van der Waals surface area contributed by atoms with Gasteiger partial charge < -0.3 is 10.5 Å². The third kappa shape index (κ3) is 3.24. The van der Waals surface area contributed by atoms with E-state index < -0.39 is 0 Å². The van der Waals surface area contributed by atoms with E-state index in [1.807, 2.05) is 0 Å². The quantitative estimate of drug-likeness (QED) is 0.885. The molecule has 1 aliphatic carbocycles. The maximum atomic E-state index is 6.62. The van der Waals surface area contributed by atoms with Gasteiger partial charge in [0.15, 0.2) is 0 Å². The van der Waals surface area contributed by atoms with Crippen LogP contribution in [0.1, 0.15) is 63.6 Å². The largest absolute Gasteiger partial charge is 0.373 e. The fraction of sp³-hybridized carbons (Fsp3) is 0.667. The Hall–Kier alpha value is -0.860. The third-order valence-corrected chi connectivity index (χ3v) is 4.85. The van der Waals surface area contributed by atoms with Crippen molar-refractivity contribution in [3.63, 3.8) is 0 Å². The van der Waals surface area contributed by atoms with Crippen LogP contribution in [0.15, 0.2) is 24.3 Å². The van der Waals surface area contributed by atoms with Gasteiger partial charge in [-0.15, -0.1) is 0 Å². The number of ether oxygens (including phenoxy) is 1. The molecule has 0 aliphatic heterocycles. The summed E-state index contributed by atoms with van der Waals surface area (Å²) in [6.45, 7) is 9.63. The molecule has 2 N–H and O–H groups in total. The Labute approximate surface area is 123 Å². The van der Waals surface area contributed by atoms with Crippen LogP contribution in [0, 0.1) is 12.3 Å². The standard InChI is InChI=1S/C18H29NO/c1-5-20-18(11-9-17(3,4)10-12-18)16(19)15-8-6-7-14(2)13-15/h6-8,13,16H,5,9-12,19H2,1-4H3. The number of benzene rings is 1. The van der Waals surface area contributed by atoms with Gasteiger partial charge >= 0.3 is 0 Å². The van der Waals surface area contributed by atoms with E-state index in [9.17, 15) is 0 Å². The molecule has 1 unspecified atom stereocenters. The SMILES string of the molecule is CCOC1(C(N)c2cccc(C)c2)CCC(C)(C)CC1. The Balaban J connectivity index is 2.24. The van der Waals surface area contributed by atoms with Crippen molar-refractivity contribution in [3.05, 3.63) is 35.4 Å². The third-order valence-electron chi connectivity index (χ3n) is 4.85. The molecule has 112 valence electrons. The lowest BCUT2D eigenvalue weighted by molar-refractivity contribution is -0.100. The lowest BCUT2D eigenvalue weighted by atomic mass is 9.67. The van der Waals surface area contributed by atoms with Gasteiger partial charge in [-0.3, -0.25) is 0 Å². The van der Waals surface area contributed by atoms with Gasteiger partial charge in [0.2, 0.25) is 0 Å². The maximum absolute atomic E-state index is 6.62. The summed E-state index contributed by atoms with van der Waals surface area (Å²) in [4.78, 5) is 0. The van der Waals surface area contributed by atoms with E-state index in [0.717, 1.165) is 19.4 Å². The normalized spacial score (nSPS) is 22.4. The fourth-order valence-electron chi connectivity index (χ4n) is 3.35. The van der Waals surface area contributed by atoms with Crippen molar-refractivity contribution in [2.24, 2.45) is 11.1 Å². The zero-order valence-electron chi connectivity index (χ0n) is 13.4. The summed E-state index contributed by atoms with van der Waals surface area (Å²) in [5, 5.41) is 0. The first-order valence-electron chi connectivity index (χ1n) is 7.85. The number of hydrogen-bond donors (Lipinski definition) is 1. The van der Waals surface area contributed by atoms with Gasteiger partial charge in [-0.1, -0.05) is 43.7 Å². The van der Waals surface area contributed by atoms with Crippen LogP contribution >= 0.6 is 0 Å². The van der Waals surface area contributed by atoms with E-state index in [1.165, 1.54) is 24.0 Å². The van der Waals surface area contributed by atoms with Crippen LogP contribution in [-0.2, 0) is 4.74 Å². The van der Waals surface area contributed by atoms with Gasteiger partial charge in [-0.2, -0.15) is 0 Å². The highest BCUT2D eigenvalue weighted by atomic mass is 16.5. The monoisotopic (exact) mass is 275 g/mol. The first-order valence-corrected chi connectivity index (χ1v) is 7.85. The van der Waals surface area contributed by atoms with Gasteiger partial charge in [0.25, 0.3) is 0 Å². The van der Waals surface area contributed by atoms with Gasteiger partial charge in [0.05, 0.1) is 11.6 Å². The molecule has 0 radical (unpaired) electrons. The van der Waals surface area contributed by atoms with E-state index in [2.05, 4.69) is 52.0 Å². The zero-order chi connectivity index (χ0) is 14.8. The average Bonchev–Trinajstić information content (AvgIpc) is 2.41. The number of hydrogen-bond acceptors (Lipinski definition) is 2. The molecule has 2 nitrogen and oxygen atoms in total. The van der Waals surface area contributed by atoms with Gasteiger partial charge in [0, 0.05) is 6.61 Å². The minimum absolute atomic E-state index is 0.0292. The Morgan fingerprint density at radius 1 is 1.20 bits per heavy atom. The summed E-state index contributed by atoms with van der Waals surface area (Å²) >= 11 is 0. The number of aryl methyl sites for hydroxylation is 1. The average molecular weight is 275 g/mol. The van der Waals surface area contributed by atoms with Crippen LogP contribution in [-0.4, -0.2) is 12.2 Å². The summed E-state index contributed by atoms with van der Waals surface area (Å²) in [6, 6.07) is 8.52. The van der Waals surface area contributed by atoms with Crippen molar-refractivity contribution in [1.29, 1.82) is 0 Å². The van der Waals surface area contributed by atoms with E-state index in [0.29, 0.717) is 5.41 Å². The van der Waals surface area contributed by atoms with E-state index in [4.69, 9.17) is 10.5 Å². The summed E-state index contributed by atoms with van der Waals surface area (Å²) in [6.07, 6.45) is 4.49. The van der Waals surface area contributed by atoms with Crippen molar-refractivity contribution >= 4 is 0 Å². The molecule has 0 amide bonds. The Morgan fingerprint density at radius 2 is 1.85 bits per heavy atom. The molecule has 2 rings (SSSR count). The molecular formula is C18H29NO. The van der Waals surface area contributed by atoms with E-state index >= 15 is 0 Å². The van der Waals surface area contributed by atoms with Crippen LogP contribution < -0.4 is 5.73 Å². The summed E-state index contributed by atoms with van der Waals surface area (Å²) in [7, 11) is 0. The van der Waals surface area contributed by atoms with Crippen LogP contribution in [0.4, 0.5) is 0 Å². The highest BCUT2D eigenvalue weighted by molar-refractivity contribution is 5.27. The van der Waals surface area contributed by atoms with Crippen LogP contribution in [0.5, 0.6) is 0 Å². The smallest absolute Gasteiger partial charge is 0.0874 e. The fourth-order valence-corrected chi connectivity index (χ4v) is 3.35. The molecule has 0 spiro atoms. The van der Waals surface area contributed by atoms with E-state index in [-0.39, 0.29) is 11.6 Å². The Bertz CT molecular complexity index is 442. The van der Waals surface area contributed by atoms with Crippen molar-refractivity contribution in [1.82, 2.24) is 0 Å². The van der Waals surface area contributed by atoms with Crippen molar-refractivity contribution in [2.75, 3.05) is 6.61 Å². The summed E-state index contributed by atoms with van der Waals surface area (Å²) in [5.41, 5.74) is 9.34. The topological polar surface area (TPSA) is 35.2 Å². The highest BCUT2D eigenvalue weighted by Gasteiger charge is 2.43.